The van der Waals surface area contributed by atoms with Crippen molar-refractivity contribution >= 4 is 11.6 Å². The van der Waals surface area contributed by atoms with Crippen molar-refractivity contribution in [3.8, 4) is 0 Å². The van der Waals surface area contributed by atoms with Crippen LogP contribution < -0.4 is 0 Å². The molecule has 0 N–H and O–H groups in total. The van der Waals surface area contributed by atoms with Crippen LogP contribution in [0.4, 0.5) is 22.0 Å². The molecule has 56 valence electrons. The maximum Gasteiger partial charge on any atom is 0.528 e. The van der Waals surface area contributed by atoms with Gasteiger partial charge < -0.3 is 0 Å². The number of rotatable bonds is 1. The highest BCUT2D eigenvalue weighted by Gasteiger charge is 2.43. The minimum absolute atomic E-state index is 2.06. The van der Waals surface area contributed by atoms with Crippen LogP contribution in [0.2, 0.25) is 0 Å². The Labute approximate surface area is 51.3 Å². The molecule has 0 heterocycles. The van der Waals surface area contributed by atoms with Gasteiger partial charge in [-0.25, -0.2) is 4.74 Å². The molecule has 9 heavy (non-hydrogen) atoms. The second kappa shape index (κ2) is 2.26. The van der Waals surface area contributed by atoms with Gasteiger partial charge in [0.05, 0.1) is 0 Å². The Morgan fingerprint density at radius 3 is 1.33 bits per heavy atom. The van der Waals surface area contributed by atoms with Gasteiger partial charge in [-0.3, -0.25) is 0 Å². The van der Waals surface area contributed by atoms with Gasteiger partial charge in [-0.1, -0.05) is 0 Å². The Hall–Kier alpha value is -0.100. The summed E-state index contributed by atoms with van der Waals surface area (Å²) in [6.45, 7) is 0. The molecule has 0 aromatic heterocycles. The van der Waals surface area contributed by atoms with E-state index >= 15 is 0 Å². The summed E-state index contributed by atoms with van der Waals surface area (Å²) < 4.78 is 56.4. The molecule has 0 aromatic carbocycles. The Bertz CT molecular complexity index is 80.1. The van der Waals surface area contributed by atoms with E-state index in [9.17, 15) is 22.0 Å². The smallest absolute Gasteiger partial charge is 0.212 e. The van der Waals surface area contributed by atoms with Crippen LogP contribution in [0.1, 0.15) is 0 Å². The monoisotopic (exact) mass is 170 g/mol. The first-order chi connectivity index (χ1) is 3.71. The third kappa shape index (κ3) is 7.90. The predicted octanol–water partition coefficient (Wildman–Crippen LogP) is 2.31. The van der Waals surface area contributed by atoms with Gasteiger partial charge >= 0.3 is 11.9 Å². The van der Waals surface area contributed by atoms with Gasteiger partial charge in [0.25, 0.3) is 0 Å². The van der Waals surface area contributed by atoms with E-state index in [4.69, 9.17) is 0 Å². The zero-order chi connectivity index (χ0) is 7.71. The van der Waals surface area contributed by atoms with E-state index in [2.05, 4.69) is 16.3 Å². The lowest BCUT2D eigenvalue weighted by Gasteiger charge is -2.10. The van der Waals surface area contributed by atoms with Gasteiger partial charge in [0.15, 0.2) is 0 Å². The Morgan fingerprint density at radius 2 is 1.33 bits per heavy atom. The van der Waals surface area contributed by atoms with Crippen LogP contribution in [0.3, 0.4) is 0 Å². The molecule has 0 bridgehead atoms. The van der Waals surface area contributed by atoms with Gasteiger partial charge in [-0.15, -0.1) is 13.2 Å². The lowest BCUT2D eigenvalue weighted by Crippen LogP contribution is -2.24. The predicted molar refractivity (Wildman–Crippen MR) is 17.9 cm³/mol. The van der Waals surface area contributed by atoms with Crippen molar-refractivity contribution in [2.24, 2.45) is 0 Å². The second-order valence-electron chi connectivity index (χ2n) is 0.994. The van der Waals surface area contributed by atoms with Gasteiger partial charge in [0.2, 0.25) is 0 Å². The number of hydrogen-bond acceptors (Lipinski definition) is 1. The maximum atomic E-state index is 11.0. The van der Waals surface area contributed by atoms with Crippen LogP contribution in [-0.4, -0.2) is 11.9 Å². The highest BCUT2D eigenvalue weighted by Crippen LogP contribution is 2.30. The van der Waals surface area contributed by atoms with E-state index < -0.39 is 11.9 Å². The highest BCUT2D eigenvalue weighted by molar-refractivity contribution is 6.20. The van der Waals surface area contributed by atoms with Crippen molar-refractivity contribution < 1.29 is 26.7 Å². The van der Waals surface area contributed by atoms with Crippen LogP contribution in [0, 0.1) is 0 Å². The molecule has 0 rings (SSSR count). The molecule has 0 saturated carbocycles. The first-order valence-electron chi connectivity index (χ1n) is 1.54. The SMILES string of the molecule is FC(F)(F)OC(F)(F)Cl. The average molecular weight is 170 g/mol. The molecule has 0 spiro atoms. The van der Waals surface area contributed by atoms with Crippen molar-refractivity contribution in [1.82, 2.24) is 0 Å². The van der Waals surface area contributed by atoms with Crippen molar-refractivity contribution in [2.45, 2.75) is 11.9 Å². The molecule has 0 atom stereocenters. The van der Waals surface area contributed by atoms with E-state index in [0.29, 0.717) is 0 Å². The van der Waals surface area contributed by atoms with Crippen LogP contribution in [0.5, 0.6) is 0 Å². The zero-order valence-corrected chi connectivity index (χ0v) is 4.43. The fourth-order valence-corrected chi connectivity index (χ4v) is 0.219. The maximum absolute atomic E-state index is 11.0. The third-order valence-electron chi connectivity index (χ3n) is 0.231. The number of halogens is 6. The number of hydrogen-bond donors (Lipinski definition) is 0. The number of alkyl halides is 6. The molecular weight excluding hydrogens is 170 g/mol. The average Bonchev–Trinajstić information content (AvgIpc) is 1.14. The minimum atomic E-state index is -5.40. The van der Waals surface area contributed by atoms with Crippen LogP contribution in [0.25, 0.3) is 0 Å². The van der Waals surface area contributed by atoms with E-state index in [1.54, 1.807) is 0 Å². The molecule has 0 aliphatic rings. The Morgan fingerprint density at radius 1 is 1.00 bits per heavy atom. The molecule has 0 radical (unpaired) electrons. The molecule has 0 aromatic rings. The first-order valence-corrected chi connectivity index (χ1v) is 1.92. The minimum Gasteiger partial charge on any atom is -0.212 e. The molecule has 0 aliphatic carbocycles. The topological polar surface area (TPSA) is 9.23 Å². The molecule has 0 fully saturated rings. The largest absolute Gasteiger partial charge is 0.528 e. The van der Waals surface area contributed by atoms with Gasteiger partial charge in [-0.05, 0) is 11.6 Å². The first kappa shape index (κ1) is 8.90. The second-order valence-corrected chi connectivity index (χ2v) is 1.43. The van der Waals surface area contributed by atoms with E-state index in [0.717, 1.165) is 0 Å². The van der Waals surface area contributed by atoms with Crippen LogP contribution >= 0.6 is 11.6 Å². The summed E-state index contributed by atoms with van der Waals surface area (Å²) in [5.41, 5.74) is -4.67. The molecule has 1 nitrogen and oxygen atoms in total. The van der Waals surface area contributed by atoms with Crippen molar-refractivity contribution in [3.05, 3.63) is 0 Å². The van der Waals surface area contributed by atoms with Gasteiger partial charge in [0.1, 0.15) is 0 Å². The molecule has 0 saturated heterocycles. The highest BCUT2D eigenvalue weighted by atomic mass is 35.5. The molecular formula is C2ClF5O. The van der Waals surface area contributed by atoms with Crippen molar-refractivity contribution in [1.29, 1.82) is 0 Å². The van der Waals surface area contributed by atoms with Crippen molar-refractivity contribution in [2.75, 3.05) is 0 Å². The standard InChI is InChI=1S/C2ClF5O/c3-1(4,5)9-2(6,7)8. The Balaban J connectivity index is 3.75. The summed E-state index contributed by atoms with van der Waals surface area (Å²) in [6.07, 6.45) is -5.40. The van der Waals surface area contributed by atoms with Crippen LogP contribution in [0.15, 0.2) is 0 Å². The summed E-state index contributed by atoms with van der Waals surface area (Å²) in [5.74, 6) is 0. The summed E-state index contributed by atoms with van der Waals surface area (Å²) >= 11 is 3.74. The van der Waals surface area contributed by atoms with E-state index in [1.165, 1.54) is 0 Å². The third-order valence-corrected chi connectivity index (χ3v) is 0.309. The normalized spacial score (nSPS) is 14.0. The number of ether oxygens (including phenoxy) is 1. The lowest BCUT2D eigenvalue weighted by atomic mass is 11.2. The fraction of sp³-hybridized carbons (Fsp3) is 1.00. The van der Waals surface area contributed by atoms with Crippen molar-refractivity contribution in [3.63, 3.8) is 0 Å². The fourth-order valence-electron chi connectivity index (χ4n) is 0.131. The summed E-state index contributed by atoms with van der Waals surface area (Å²) in [7, 11) is 0. The van der Waals surface area contributed by atoms with Gasteiger partial charge in [0, 0.05) is 0 Å². The van der Waals surface area contributed by atoms with E-state index in [-0.39, 0.29) is 0 Å². The molecule has 0 aliphatic heterocycles. The summed E-state index contributed by atoms with van der Waals surface area (Å²) in [6, 6.07) is 0. The summed E-state index contributed by atoms with van der Waals surface area (Å²) in [5, 5.41) is 0. The molecule has 0 unspecified atom stereocenters. The van der Waals surface area contributed by atoms with Gasteiger partial charge in [-0.2, -0.15) is 8.78 Å². The molecule has 7 heteroatoms. The van der Waals surface area contributed by atoms with Crippen LogP contribution in [-0.2, 0) is 4.74 Å². The lowest BCUT2D eigenvalue weighted by molar-refractivity contribution is -0.397. The Kier molecular flexibility index (Phi) is 2.24. The zero-order valence-electron chi connectivity index (χ0n) is 3.68. The van der Waals surface area contributed by atoms with E-state index in [1.807, 2.05) is 0 Å². The molecule has 0 amide bonds. The summed E-state index contributed by atoms with van der Waals surface area (Å²) in [4.78, 5) is 0. The quantitative estimate of drug-likeness (QED) is 0.433.